The van der Waals surface area contributed by atoms with Gasteiger partial charge in [0.2, 0.25) is 6.54 Å². The lowest BCUT2D eigenvalue weighted by Crippen LogP contribution is -3.00. The number of hydrogen-bond acceptors (Lipinski definition) is 1. The van der Waals surface area contributed by atoms with Crippen LogP contribution in [0.2, 0.25) is 0 Å². The predicted molar refractivity (Wildman–Crippen MR) is 34.3 cm³/mol. The van der Waals surface area contributed by atoms with E-state index in [0.29, 0.717) is 0 Å². The summed E-state index contributed by atoms with van der Waals surface area (Å²) in [7, 11) is 0. The Balaban J connectivity index is 0.000001000. The van der Waals surface area contributed by atoms with Crippen molar-refractivity contribution in [2.45, 2.75) is 6.54 Å². The largest absolute Gasteiger partial charge is 1.00 e. The molecule has 60 valence electrons. The summed E-state index contributed by atoms with van der Waals surface area (Å²) in [4.78, 5) is 10.1. The third-order valence-electron chi connectivity index (χ3n) is 1.10. The Kier molecular flexibility index (Phi) is 4.76. The zero-order valence-corrected chi connectivity index (χ0v) is 7.93. The fraction of sp³-hybridized carbons (Fsp3) is 0.143. The van der Waals surface area contributed by atoms with Gasteiger partial charge in [-0.05, 0) is 0 Å². The van der Waals surface area contributed by atoms with Gasteiger partial charge in [-0.25, -0.2) is 4.79 Å². The average molecular weight is 265 g/mol. The third-order valence-corrected chi connectivity index (χ3v) is 1.10. The molecule has 1 rings (SSSR count). The van der Waals surface area contributed by atoms with Crippen LogP contribution < -0.4 is 28.5 Å². The van der Waals surface area contributed by atoms with E-state index in [0.717, 1.165) is 0 Å². The van der Waals surface area contributed by atoms with Crippen LogP contribution >= 0.6 is 0 Å². The van der Waals surface area contributed by atoms with Gasteiger partial charge in [0.05, 0.1) is 0 Å². The van der Waals surface area contributed by atoms with Gasteiger partial charge in [-0.3, -0.25) is 0 Å². The highest BCUT2D eigenvalue weighted by molar-refractivity contribution is 5.64. The molecule has 0 radical (unpaired) electrons. The zero-order valence-electron chi connectivity index (χ0n) is 5.77. The maximum atomic E-state index is 10.1. The molecule has 1 aromatic heterocycles. The Morgan fingerprint density at radius 3 is 2.27 bits per heavy atom. The second-order valence-corrected chi connectivity index (χ2v) is 1.94. The number of carbonyl (C=O) groups is 1. The molecular formula is C7H8INO2. The SMILES string of the molecule is O=C(O)C[n+]1ccccc1.[I-]. The molecule has 3 nitrogen and oxygen atoms in total. The monoisotopic (exact) mass is 265 g/mol. The number of aromatic nitrogens is 1. The third kappa shape index (κ3) is 3.92. The van der Waals surface area contributed by atoms with E-state index < -0.39 is 5.97 Å². The van der Waals surface area contributed by atoms with Crippen LogP contribution in [0.4, 0.5) is 0 Å². The van der Waals surface area contributed by atoms with E-state index in [-0.39, 0.29) is 30.5 Å². The minimum atomic E-state index is -0.823. The summed E-state index contributed by atoms with van der Waals surface area (Å²) in [6.45, 7) is 0.0286. The van der Waals surface area contributed by atoms with Crippen LogP contribution in [-0.4, -0.2) is 11.1 Å². The summed E-state index contributed by atoms with van der Waals surface area (Å²) in [6.07, 6.45) is 3.43. The molecule has 1 N–H and O–H groups in total. The lowest BCUT2D eigenvalue weighted by Gasteiger charge is -1.87. The molecule has 0 fully saturated rings. The number of carboxylic acids is 1. The molecule has 11 heavy (non-hydrogen) atoms. The number of rotatable bonds is 2. The highest BCUT2D eigenvalue weighted by Gasteiger charge is 2.03. The molecule has 0 saturated carbocycles. The molecule has 0 aliphatic rings. The van der Waals surface area contributed by atoms with Crippen molar-refractivity contribution in [3.63, 3.8) is 0 Å². The lowest BCUT2D eigenvalue weighted by atomic mass is 10.5. The Morgan fingerprint density at radius 1 is 1.27 bits per heavy atom. The van der Waals surface area contributed by atoms with E-state index in [1.807, 2.05) is 6.07 Å². The molecule has 0 saturated heterocycles. The van der Waals surface area contributed by atoms with Crippen LogP contribution in [0.15, 0.2) is 30.6 Å². The standard InChI is InChI=1S/C7H7NO2.HI/c9-7(10)6-8-4-2-1-3-5-8;/h1-5H,6H2;1H. The van der Waals surface area contributed by atoms with Gasteiger partial charge in [0.1, 0.15) is 0 Å². The van der Waals surface area contributed by atoms with E-state index in [1.54, 1.807) is 29.1 Å². The van der Waals surface area contributed by atoms with E-state index in [1.165, 1.54) is 0 Å². The van der Waals surface area contributed by atoms with Crippen molar-refractivity contribution in [2.75, 3.05) is 0 Å². The van der Waals surface area contributed by atoms with Crippen molar-refractivity contribution in [2.24, 2.45) is 0 Å². The molecule has 0 aliphatic carbocycles. The summed E-state index contributed by atoms with van der Waals surface area (Å²) >= 11 is 0. The van der Waals surface area contributed by atoms with Crippen molar-refractivity contribution in [1.29, 1.82) is 0 Å². The molecule has 0 aliphatic heterocycles. The van der Waals surface area contributed by atoms with E-state index in [2.05, 4.69) is 0 Å². The van der Waals surface area contributed by atoms with Crippen LogP contribution in [0, 0.1) is 0 Å². The van der Waals surface area contributed by atoms with Crippen molar-refractivity contribution in [3.05, 3.63) is 30.6 Å². The number of carboxylic acid groups (broad SMARTS) is 1. The average Bonchev–Trinajstić information content (AvgIpc) is 1.88. The van der Waals surface area contributed by atoms with Crippen molar-refractivity contribution >= 4 is 5.97 Å². The Hall–Kier alpha value is -0.650. The van der Waals surface area contributed by atoms with Crippen LogP contribution in [0.1, 0.15) is 0 Å². The van der Waals surface area contributed by atoms with Crippen molar-refractivity contribution < 1.29 is 38.4 Å². The molecule has 0 unspecified atom stereocenters. The Bertz CT molecular complexity index is 225. The first-order valence-electron chi connectivity index (χ1n) is 2.95. The molecule has 1 heterocycles. The van der Waals surface area contributed by atoms with Gasteiger partial charge in [-0.2, -0.15) is 4.57 Å². The minimum Gasteiger partial charge on any atom is -1.00 e. The first-order valence-corrected chi connectivity index (χ1v) is 2.95. The smallest absolute Gasteiger partial charge is 0.370 e. The zero-order chi connectivity index (χ0) is 7.40. The molecule has 4 heteroatoms. The molecular weight excluding hydrogens is 257 g/mol. The highest BCUT2D eigenvalue weighted by Crippen LogP contribution is 1.76. The van der Waals surface area contributed by atoms with E-state index in [9.17, 15) is 4.79 Å². The lowest BCUT2D eigenvalue weighted by molar-refractivity contribution is -0.685. The van der Waals surface area contributed by atoms with E-state index in [4.69, 9.17) is 5.11 Å². The maximum Gasteiger partial charge on any atom is 0.370 e. The van der Waals surface area contributed by atoms with Crippen LogP contribution in [-0.2, 0) is 11.3 Å². The second-order valence-electron chi connectivity index (χ2n) is 1.94. The van der Waals surface area contributed by atoms with Crippen LogP contribution in [0.3, 0.4) is 0 Å². The quantitative estimate of drug-likeness (QED) is 0.459. The van der Waals surface area contributed by atoms with Gasteiger partial charge in [0, 0.05) is 12.1 Å². The van der Waals surface area contributed by atoms with Gasteiger partial charge in [-0.15, -0.1) is 0 Å². The normalized spacial score (nSPS) is 8.36. The van der Waals surface area contributed by atoms with E-state index >= 15 is 0 Å². The molecule has 0 atom stereocenters. The second kappa shape index (κ2) is 5.06. The molecule has 0 spiro atoms. The highest BCUT2D eigenvalue weighted by atomic mass is 127. The number of halogens is 1. The predicted octanol–water partition coefficient (Wildman–Crippen LogP) is -2.94. The molecule has 0 bridgehead atoms. The molecule has 1 aromatic rings. The number of aliphatic carboxylic acids is 1. The summed E-state index contributed by atoms with van der Waals surface area (Å²) in [6, 6.07) is 5.43. The summed E-state index contributed by atoms with van der Waals surface area (Å²) < 4.78 is 1.60. The number of nitrogens with zero attached hydrogens (tertiary/aromatic N) is 1. The van der Waals surface area contributed by atoms with Crippen molar-refractivity contribution in [1.82, 2.24) is 0 Å². The molecule has 0 aromatic carbocycles. The summed E-state index contributed by atoms with van der Waals surface area (Å²) in [5.41, 5.74) is 0. The van der Waals surface area contributed by atoms with Gasteiger partial charge >= 0.3 is 5.97 Å². The van der Waals surface area contributed by atoms with Gasteiger partial charge in [0.15, 0.2) is 12.4 Å². The van der Waals surface area contributed by atoms with Crippen molar-refractivity contribution in [3.8, 4) is 0 Å². The van der Waals surface area contributed by atoms with Gasteiger partial charge in [-0.1, -0.05) is 6.07 Å². The maximum absolute atomic E-state index is 10.1. The van der Waals surface area contributed by atoms with Gasteiger partial charge < -0.3 is 29.1 Å². The minimum absolute atomic E-state index is 0. The summed E-state index contributed by atoms with van der Waals surface area (Å²) in [5, 5.41) is 8.35. The summed E-state index contributed by atoms with van der Waals surface area (Å²) in [5.74, 6) is -0.823. The van der Waals surface area contributed by atoms with Crippen LogP contribution in [0.5, 0.6) is 0 Å². The first kappa shape index (κ1) is 10.3. The Morgan fingerprint density at radius 2 is 1.82 bits per heavy atom. The number of hydrogen-bond donors (Lipinski definition) is 1. The van der Waals surface area contributed by atoms with Gasteiger partial charge in [0.25, 0.3) is 0 Å². The Labute approximate surface area is 81.7 Å². The fourth-order valence-corrected chi connectivity index (χ4v) is 0.696. The van der Waals surface area contributed by atoms with Crippen LogP contribution in [0.25, 0.3) is 0 Å². The number of pyridine rings is 1. The fourth-order valence-electron chi connectivity index (χ4n) is 0.696. The molecule has 0 amide bonds. The topological polar surface area (TPSA) is 41.2 Å². The first-order chi connectivity index (χ1) is 4.79.